The molecule has 0 aromatic heterocycles. The van der Waals surface area contributed by atoms with Crippen molar-refractivity contribution in [2.75, 3.05) is 0 Å². The van der Waals surface area contributed by atoms with Crippen molar-refractivity contribution in [3.8, 4) is 11.1 Å². The minimum Gasteiger partial charge on any atom is -0.145 e. The largest absolute Gasteiger partial charge is 0.145 e. The summed E-state index contributed by atoms with van der Waals surface area (Å²) in [6.07, 6.45) is 0. The Morgan fingerprint density at radius 1 is 0.455 bits per heavy atom. The molecule has 0 unspecified atom stereocenters. The summed E-state index contributed by atoms with van der Waals surface area (Å²) < 4.78 is 1.42. The second-order valence-electron chi connectivity index (χ2n) is 11.2. The molecule has 0 bridgehead atoms. The smallest absolute Gasteiger partial charge is 0.0635 e. The first-order valence-corrected chi connectivity index (χ1v) is 16.2. The Morgan fingerprint density at radius 2 is 0.932 bits per heavy atom. The molecule has 0 N–H and O–H groups in total. The summed E-state index contributed by atoms with van der Waals surface area (Å²) in [7, 11) is 0. The van der Waals surface area contributed by atoms with E-state index in [2.05, 4.69) is 178 Å². The van der Waals surface area contributed by atoms with E-state index in [0.29, 0.717) is 0 Å². The van der Waals surface area contributed by atoms with Gasteiger partial charge in [0, 0.05) is 0 Å². The van der Waals surface area contributed by atoms with Crippen LogP contribution >= 0.6 is 0 Å². The van der Waals surface area contributed by atoms with Crippen molar-refractivity contribution in [3.05, 3.63) is 192 Å². The van der Waals surface area contributed by atoms with E-state index in [4.69, 9.17) is 0 Å². The zero-order chi connectivity index (χ0) is 30.3. The molecule has 0 radical (unpaired) electrons. The first-order chi connectivity index (χ1) is 21.5. The Balaban J connectivity index is 0.000000117. The van der Waals surface area contributed by atoms with Gasteiger partial charge in [0.1, 0.15) is 0 Å². The van der Waals surface area contributed by atoms with E-state index in [1.807, 2.05) is 6.07 Å². The Hall–Kier alpha value is -4.45. The van der Waals surface area contributed by atoms with Crippen LogP contribution in [0.5, 0.6) is 0 Å². The summed E-state index contributed by atoms with van der Waals surface area (Å²) in [5.74, 6) is 0. The van der Waals surface area contributed by atoms with Crippen molar-refractivity contribution < 1.29 is 24.2 Å². The van der Waals surface area contributed by atoms with Crippen LogP contribution in [0.3, 0.4) is 0 Å². The molecular weight excluding hydrogens is 608 g/mol. The van der Waals surface area contributed by atoms with Crippen LogP contribution in [0.4, 0.5) is 0 Å². The Labute approximate surface area is 275 Å². The molecule has 0 saturated carbocycles. The third-order valence-corrected chi connectivity index (χ3v) is 9.28. The predicted molar refractivity (Wildman–Crippen MR) is 188 cm³/mol. The number of fused-ring (bicyclic) bond motifs is 4. The molecule has 0 aliphatic heterocycles. The van der Waals surface area contributed by atoms with Crippen LogP contribution in [-0.2, 0) is 24.2 Å². The van der Waals surface area contributed by atoms with Crippen molar-refractivity contribution in [2.24, 2.45) is 0 Å². The van der Waals surface area contributed by atoms with E-state index in [-0.39, 0.29) is 0 Å². The van der Waals surface area contributed by atoms with Crippen LogP contribution in [0.1, 0.15) is 22.3 Å². The molecule has 0 aliphatic rings. The van der Waals surface area contributed by atoms with Gasteiger partial charge in [0.25, 0.3) is 0 Å². The van der Waals surface area contributed by atoms with Gasteiger partial charge in [-0.05, 0) is 13.8 Å². The Kier molecular flexibility index (Phi) is 9.35. The van der Waals surface area contributed by atoms with Gasteiger partial charge in [0.15, 0.2) is 0 Å². The number of rotatable bonds is 3. The van der Waals surface area contributed by atoms with Gasteiger partial charge in [0.2, 0.25) is 0 Å². The van der Waals surface area contributed by atoms with Crippen LogP contribution in [0.15, 0.2) is 170 Å². The monoisotopic (exact) mass is 640 g/mol. The topological polar surface area (TPSA) is 0 Å². The first kappa shape index (κ1) is 29.6. The summed E-state index contributed by atoms with van der Waals surface area (Å²) in [4.78, 5) is 0. The van der Waals surface area contributed by atoms with E-state index in [1.165, 1.54) is 93.1 Å². The van der Waals surface area contributed by atoms with Gasteiger partial charge >= 0.3 is 99.2 Å². The van der Waals surface area contributed by atoms with E-state index in [1.54, 1.807) is 0 Å². The van der Waals surface area contributed by atoms with Crippen molar-refractivity contribution >= 4 is 35.5 Å². The maximum absolute atomic E-state index is 2.28. The minimum absolute atomic E-state index is 1.29. The number of hydrogen-bond donors (Lipinski definition) is 0. The van der Waals surface area contributed by atoms with Gasteiger partial charge < -0.3 is 0 Å². The van der Waals surface area contributed by atoms with Crippen molar-refractivity contribution in [3.63, 3.8) is 0 Å². The van der Waals surface area contributed by atoms with Gasteiger partial charge in [-0.3, -0.25) is 0 Å². The van der Waals surface area contributed by atoms with Crippen molar-refractivity contribution in [2.45, 2.75) is 13.8 Å². The van der Waals surface area contributed by atoms with Gasteiger partial charge in [-0.15, -0.1) is 74.3 Å². The molecule has 8 aromatic rings. The molecular formula is C43H34Zr. The number of aryl methyl sites for hydroxylation is 2. The van der Waals surface area contributed by atoms with Crippen LogP contribution in [0, 0.1) is 13.8 Å². The summed E-state index contributed by atoms with van der Waals surface area (Å²) in [6, 6.07) is 60.2. The maximum atomic E-state index is 2.28. The van der Waals surface area contributed by atoms with E-state index < -0.39 is 0 Å². The summed E-state index contributed by atoms with van der Waals surface area (Å²) in [5.41, 5.74) is 7.91. The zero-order valence-electron chi connectivity index (χ0n) is 25.2. The molecule has 210 valence electrons. The molecule has 0 aliphatic carbocycles. The Morgan fingerprint density at radius 3 is 1.45 bits per heavy atom. The fraction of sp³-hybridized carbons (Fsp3) is 0.0465. The van der Waals surface area contributed by atoms with Crippen LogP contribution in [0.2, 0.25) is 0 Å². The van der Waals surface area contributed by atoms with Crippen LogP contribution in [0.25, 0.3) is 43.4 Å². The second kappa shape index (κ2) is 13.9. The second-order valence-corrected chi connectivity index (χ2v) is 12.4. The molecule has 44 heavy (non-hydrogen) atoms. The SMILES string of the molecule is Cc1ccc2c(c1)[cH-]c1cc(C)ccc12.[Zr+2]=[C](c1ccccc1)c1ccccc1.c1ccc(-c2cc3ccccc3[cH-]2)cc1. The quantitative estimate of drug-likeness (QED) is 0.168. The average Bonchev–Trinajstić information content (AvgIpc) is 3.67. The summed E-state index contributed by atoms with van der Waals surface area (Å²) >= 11 is 1.46. The summed E-state index contributed by atoms with van der Waals surface area (Å²) in [6.45, 7) is 4.28. The first-order valence-electron chi connectivity index (χ1n) is 15.0. The molecule has 0 spiro atoms. The van der Waals surface area contributed by atoms with Gasteiger partial charge in [0.05, 0.1) is 0 Å². The molecule has 0 fully saturated rings. The zero-order valence-corrected chi connectivity index (χ0v) is 27.6. The maximum Gasteiger partial charge on any atom is -0.0635 e. The van der Waals surface area contributed by atoms with Crippen molar-refractivity contribution in [1.29, 1.82) is 0 Å². The van der Waals surface area contributed by atoms with E-state index in [0.717, 1.165) is 0 Å². The van der Waals surface area contributed by atoms with Crippen LogP contribution < -0.4 is 0 Å². The molecule has 8 aromatic carbocycles. The third-order valence-electron chi connectivity index (χ3n) is 7.87. The third kappa shape index (κ3) is 7.02. The normalized spacial score (nSPS) is 10.6. The van der Waals surface area contributed by atoms with E-state index >= 15 is 0 Å². The fourth-order valence-corrected chi connectivity index (χ4v) is 6.40. The molecule has 0 atom stereocenters. The average molecular weight is 642 g/mol. The number of hydrogen-bond acceptors (Lipinski definition) is 0. The Bertz CT molecular complexity index is 2000. The van der Waals surface area contributed by atoms with Crippen molar-refractivity contribution in [1.82, 2.24) is 0 Å². The van der Waals surface area contributed by atoms with E-state index in [9.17, 15) is 0 Å². The standard InChI is InChI=1S/C15H13.C15H11.C13H10.Zr/c1-10-3-5-14-12(7-10)9-13-8-11(2)4-6-15(13)14;1-2-6-12(7-3-1)15-10-13-8-4-5-9-14(13)11-15;1-3-7-12(8-4-1)11-13-9-5-2-6-10-13;/h3-9H,1-2H3;1-11H;1-10H;/q2*-1;;+2. The minimum atomic E-state index is 1.29. The summed E-state index contributed by atoms with van der Waals surface area (Å²) in [5, 5.41) is 8.09. The molecule has 1 heteroatoms. The molecule has 0 heterocycles. The van der Waals surface area contributed by atoms with Gasteiger partial charge in [-0.1, -0.05) is 89.5 Å². The fourth-order valence-electron chi connectivity index (χ4n) is 5.59. The van der Waals surface area contributed by atoms with Gasteiger partial charge in [-0.2, -0.15) is 0 Å². The predicted octanol–water partition coefficient (Wildman–Crippen LogP) is 11.4. The molecule has 0 nitrogen and oxygen atoms in total. The molecule has 0 saturated heterocycles. The van der Waals surface area contributed by atoms with Gasteiger partial charge in [-0.25, -0.2) is 0 Å². The molecule has 0 amide bonds. The van der Waals surface area contributed by atoms with Crippen LogP contribution in [-0.4, -0.2) is 3.21 Å². The number of benzene rings is 6. The molecule has 8 rings (SSSR count).